The zero-order valence-electron chi connectivity index (χ0n) is 14.4. The van der Waals surface area contributed by atoms with Gasteiger partial charge in [-0.2, -0.15) is 5.10 Å². The van der Waals surface area contributed by atoms with E-state index in [4.69, 9.17) is 0 Å². The van der Waals surface area contributed by atoms with Crippen LogP contribution in [0.3, 0.4) is 0 Å². The number of carbonyl (C=O) groups excluding carboxylic acids is 1. The molecular weight excluding hydrogens is 373 g/mol. The fraction of sp³-hybridized carbons (Fsp3) is 0.278. The van der Waals surface area contributed by atoms with Gasteiger partial charge in [-0.1, -0.05) is 0 Å². The molecule has 0 radical (unpaired) electrons. The summed E-state index contributed by atoms with van der Waals surface area (Å²) >= 11 is 0. The summed E-state index contributed by atoms with van der Waals surface area (Å²) in [7, 11) is -3.08. The van der Waals surface area contributed by atoms with Crippen molar-refractivity contribution in [2.45, 2.75) is 19.4 Å². The Labute approximate surface area is 154 Å². The summed E-state index contributed by atoms with van der Waals surface area (Å²) in [6.45, 7) is 1.75. The molecule has 0 amide bonds. The predicted octanol–water partition coefficient (Wildman–Crippen LogP) is 2.18. The highest BCUT2D eigenvalue weighted by atomic mass is 32.2. The van der Waals surface area contributed by atoms with Gasteiger partial charge in [0.25, 0.3) is 0 Å². The maximum Gasteiger partial charge on any atom is 0.198 e. The van der Waals surface area contributed by atoms with Crippen molar-refractivity contribution in [1.82, 2.24) is 14.8 Å². The number of aromatic nitrogens is 3. The molecule has 1 aliphatic heterocycles. The molecule has 1 saturated heterocycles. The molecule has 1 N–H and O–H groups in total. The number of benzene rings is 1. The number of phenols is 1. The van der Waals surface area contributed by atoms with E-state index in [1.165, 1.54) is 6.20 Å². The number of rotatable bonds is 3. The van der Waals surface area contributed by atoms with Crippen LogP contribution in [0.25, 0.3) is 11.0 Å². The molecule has 1 aliphatic rings. The molecule has 0 saturated carbocycles. The molecule has 140 valence electrons. The zero-order valence-corrected chi connectivity index (χ0v) is 15.2. The summed E-state index contributed by atoms with van der Waals surface area (Å²) in [5.41, 5.74) is 1.14. The number of pyridine rings is 1. The second kappa shape index (κ2) is 6.12. The average molecular weight is 389 g/mol. The SMILES string of the molecule is Cc1nn(C2CCS(=O)(=O)C2)c2ncc(C(=O)c3cc(F)ccc3O)cc12. The molecule has 1 unspecified atom stereocenters. The number of phenolic OH excluding ortho intramolecular Hbond substituents is 1. The number of carbonyl (C=O) groups is 1. The monoisotopic (exact) mass is 389 g/mol. The molecule has 27 heavy (non-hydrogen) atoms. The maximum atomic E-state index is 13.4. The van der Waals surface area contributed by atoms with Crippen LogP contribution in [0.1, 0.15) is 34.1 Å². The number of hydrogen-bond donors (Lipinski definition) is 1. The van der Waals surface area contributed by atoms with Crippen LogP contribution >= 0.6 is 0 Å². The van der Waals surface area contributed by atoms with Crippen LogP contribution in [0, 0.1) is 12.7 Å². The normalized spacial score (nSPS) is 18.8. The van der Waals surface area contributed by atoms with Gasteiger partial charge >= 0.3 is 0 Å². The number of fused-ring (bicyclic) bond motifs is 1. The van der Waals surface area contributed by atoms with E-state index in [2.05, 4.69) is 10.1 Å². The zero-order chi connectivity index (χ0) is 19.3. The Balaban J connectivity index is 1.76. The van der Waals surface area contributed by atoms with E-state index in [0.29, 0.717) is 23.1 Å². The van der Waals surface area contributed by atoms with Crippen molar-refractivity contribution < 1.29 is 22.7 Å². The predicted molar refractivity (Wildman–Crippen MR) is 96.1 cm³/mol. The van der Waals surface area contributed by atoms with Crippen molar-refractivity contribution in [2.75, 3.05) is 11.5 Å². The van der Waals surface area contributed by atoms with Gasteiger partial charge in [0.15, 0.2) is 21.3 Å². The standard InChI is InChI=1S/C18H16FN3O4S/c1-10-14-6-11(17(24)15-7-12(19)2-3-16(15)23)8-20-18(14)22(21-10)13-4-5-27(25,26)9-13/h2-3,6-8,13,23H,4-5,9H2,1H3. The Kier molecular flexibility index (Phi) is 3.99. The quantitative estimate of drug-likeness (QED) is 0.689. The number of sulfone groups is 1. The van der Waals surface area contributed by atoms with E-state index in [-0.39, 0.29) is 34.4 Å². The van der Waals surface area contributed by atoms with Gasteiger partial charge in [0.2, 0.25) is 0 Å². The van der Waals surface area contributed by atoms with Crippen molar-refractivity contribution in [1.29, 1.82) is 0 Å². The van der Waals surface area contributed by atoms with E-state index >= 15 is 0 Å². The summed E-state index contributed by atoms with van der Waals surface area (Å²) in [4.78, 5) is 17.0. The summed E-state index contributed by atoms with van der Waals surface area (Å²) in [6.07, 6.45) is 1.80. The fourth-order valence-corrected chi connectivity index (χ4v) is 5.05. The highest BCUT2D eigenvalue weighted by Gasteiger charge is 2.31. The Morgan fingerprint density at radius 2 is 2.11 bits per heavy atom. The van der Waals surface area contributed by atoms with E-state index in [1.54, 1.807) is 17.7 Å². The topological polar surface area (TPSA) is 102 Å². The molecule has 2 aromatic heterocycles. The average Bonchev–Trinajstić information content (AvgIpc) is 3.15. The molecule has 1 aromatic carbocycles. The minimum atomic E-state index is -3.08. The van der Waals surface area contributed by atoms with Crippen molar-refractivity contribution in [2.24, 2.45) is 0 Å². The summed E-state index contributed by atoms with van der Waals surface area (Å²) in [5, 5.41) is 14.9. The van der Waals surface area contributed by atoms with Gasteiger partial charge in [0.1, 0.15) is 11.6 Å². The fourth-order valence-electron chi connectivity index (χ4n) is 3.36. The van der Waals surface area contributed by atoms with Crippen LogP contribution in [0.5, 0.6) is 5.75 Å². The van der Waals surface area contributed by atoms with E-state index in [9.17, 15) is 22.7 Å². The van der Waals surface area contributed by atoms with Gasteiger partial charge in [0, 0.05) is 17.1 Å². The highest BCUT2D eigenvalue weighted by molar-refractivity contribution is 7.91. The first-order chi connectivity index (χ1) is 12.7. The molecule has 7 nitrogen and oxygen atoms in total. The van der Waals surface area contributed by atoms with E-state index in [0.717, 1.165) is 18.2 Å². The minimum Gasteiger partial charge on any atom is -0.507 e. The largest absolute Gasteiger partial charge is 0.507 e. The first-order valence-corrected chi connectivity index (χ1v) is 10.2. The number of aromatic hydroxyl groups is 1. The van der Waals surface area contributed by atoms with Crippen LogP contribution < -0.4 is 0 Å². The van der Waals surface area contributed by atoms with Crippen molar-refractivity contribution in [3.05, 3.63) is 53.1 Å². The number of halogens is 1. The molecule has 1 fully saturated rings. The third kappa shape index (κ3) is 3.08. The highest BCUT2D eigenvalue weighted by Crippen LogP contribution is 2.29. The number of hydrogen-bond acceptors (Lipinski definition) is 6. The first-order valence-electron chi connectivity index (χ1n) is 8.34. The third-order valence-corrected chi connectivity index (χ3v) is 6.50. The van der Waals surface area contributed by atoms with E-state index < -0.39 is 21.4 Å². The smallest absolute Gasteiger partial charge is 0.198 e. The van der Waals surface area contributed by atoms with Gasteiger partial charge in [-0.15, -0.1) is 0 Å². The van der Waals surface area contributed by atoms with Gasteiger partial charge in [-0.25, -0.2) is 22.5 Å². The summed E-state index contributed by atoms with van der Waals surface area (Å²) < 4.78 is 38.6. The summed E-state index contributed by atoms with van der Waals surface area (Å²) in [5.74, 6) is -1.37. The second-order valence-electron chi connectivity index (χ2n) is 6.67. The third-order valence-electron chi connectivity index (χ3n) is 4.75. The molecule has 4 rings (SSSR count). The van der Waals surface area contributed by atoms with Crippen molar-refractivity contribution in [3.8, 4) is 5.75 Å². The molecular formula is C18H16FN3O4S. The molecule has 0 aliphatic carbocycles. The van der Waals surface area contributed by atoms with Crippen LogP contribution in [-0.4, -0.2) is 45.6 Å². The molecule has 3 heterocycles. The molecule has 0 spiro atoms. The Bertz CT molecular complexity index is 1190. The lowest BCUT2D eigenvalue weighted by Crippen LogP contribution is -2.13. The van der Waals surface area contributed by atoms with Crippen LogP contribution in [-0.2, 0) is 9.84 Å². The Morgan fingerprint density at radius 3 is 2.81 bits per heavy atom. The maximum absolute atomic E-state index is 13.4. The van der Waals surface area contributed by atoms with Gasteiger partial charge in [0.05, 0.1) is 28.8 Å². The van der Waals surface area contributed by atoms with Gasteiger partial charge in [-0.3, -0.25) is 4.79 Å². The Hall–Kier alpha value is -2.81. The molecule has 3 aromatic rings. The van der Waals surface area contributed by atoms with Crippen LogP contribution in [0.15, 0.2) is 30.5 Å². The number of ketones is 1. The lowest BCUT2D eigenvalue weighted by molar-refractivity contribution is 0.103. The molecule has 0 bridgehead atoms. The number of aryl methyl sites for hydroxylation is 1. The molecule has 1 atom stereocenters. The molecule has 9 heteroatoms. The van der Waals surface area contributed by atoms with Crippen LogP contribution in [0.2, 0.25) is 0 Å². The second-order valence-corrected chi connectivity index (χ2v) is 8.90. The van der Waals surface area contributed by atoms with Crippen molar-refractivity contribution in [3.63, 3.8) is 0 Å². The lowest BCUT2D eigenvalue weighted by atomic mass is 10.0. The number of nitrogens with zero attached hydrogens (tertiary/aromatic N) is 3. The summed E-state index contributed by atoms with van der Waals surface area (Å²) in [6, 6.07) is 4.46. The first kappa shape index (κ1) is 17.6. The van der Waals surface area contributed by atoms with Crippen molar-refractivity contribution >= 4 is 26.7 Å². The van der Waals surface area contributed by atoms with Crippen LogP contribution in [0.4, 0.5) is 4.39 Å². The van der Waals surface area contributed by atoms with E-state index in [1.807, 2.05) is 0 Å². The lowest BCUT2D eigenvalue weighted by Gasteiger charge is -2.09. The minimum absolute atomic E-state index is 0.0166. The van der Waals surface area contributed by atoms with Gasteiger partial charge in [-0.05, 0) is 37.6 Å². The van der Waals surface area contributed by atoms with Gasteiger partial charge < -0.3 is 5.11 Å². The Morgan fingerprint density at radius 1 is 1.33 bits per heavy atom.